The Labute approximate surface area is 583 Å². The number of carbonyl (C=O) groups excluding carboxylic acids is 12. The smallest absolute Gasteiger partial charge is 0.343 e. The van der Waals surface area contributed by atoms with Crippen molar-refractivity contribution in [1.29, 1.82) is 0 Å². The zero-order valence-corrected chi connectivity index (χ0v) is 61.3. The molecule has 1 spiro atoms. The molecule has 554 valence electrons. The third-order valence-electron chi connectivity index (χ3n) is 21.9. The molecular weight excluding hydrogens is 1290 g/mol. The second-order valence-electron chi connectivity index (χ2n) is 30.1. The number of likely N-dealkylation sites (N-methyl/N-ethyl adjacent to an activating group) is 7. The van der Waals surface area contributed by atoms with Crippen LogP contribution >= 0.6 is 11.6 Å². The predicted octanol–water partition coefficient (Wildman–Crippen LogP) is 5.56. The van der Waals surface area contributed by atoms with Crippen LogP contribution in [0.1, 0.15) is 189 Å². The highest BCUT2D eigenvalue weighted by Gasteiger charge is 2.52. The summed E-state index contributed by atoms with van der Waals surface area (Å²) < 4.78 is 41.9. The number of piperidine rings is 1. The first-order chi connectivity index (χ1) is 46.0. The summed E-state index contributed by atoms with van der Waals surface area (Å²) in [6.45, 7) is 10.2. The van der Waals surface area contributed by atoms with E-state index in [4.69, 9.17) is 11.6 Å². The van der Waals surface area contributed by atoms with E-state index in [-0.39, 0.29) is 88.5 Å². The molecule has 6 rings (SSSR count). The number of halogens is 4. The number of amides is 12. The Morgan fingerprint density at radius 1 is 0.582 bits per heavy atom. The maximum atomic E-state index is 15.8. The first-order valence-electron chi connectivity index (χ1n) is 36.0. The van der Waals surface area contributed by atoms with Crippen molar-refractivity contribution < 1.29 is 70.7 Å². The molecule has 28 heteroatoms. The summed E-state index contributed by atoms with van der Waals surface area (Å²) in [6, 6.07) is -8.57. The molecule has 11 atom stereocenters. The molecule has 3 heterocycles. The molecule has 3 unspecified atom stereocenters. The number of likely N-dealkylation sites (tertiary alicyclic amines) is 1. The zero-order valence-electron chi connectivity index (χ0n) is 60.5. The van der Waals surface area contributed by atoms with Gasteiger partial charge in [0.1, 0.15) is 47.8 Å². The van der Waals surface area contributed by atoms with E-state index < -0.39 is 174 Å². The molecule has 98 heavy (non-hydrogen) atoms. The van der Waals surface area contributed by atoms with Crippen molar-refractivity contribution in [2.45, 2.75) is 249 Å². The van der Waals surface area contributed by atoms with Gasteiger partial charge in [-0.05, 0) is 132 Å². The van der Waals surface area contributed by atoms with Gasteiger partial charge in [0.25, 0.3) is 0 Å². The van der Waals surface area contributed by atoms with Crippen molar-refractivity contribution in [1.82, 2.24) is 60.0 Å². The largest absolute Gasteiger partial charge is 0.393 e. The minimum absolute atomic E-state index is 0.00199. The number of fused-ring (bicyclic) bond motifs is 1. The Kier molecular flexibility index (Phi) is 29.5. The van der Waals surface area contributed by atoms with Crippen molar-refractivity contribution >= 4 is 82.5 Å². The summed E-state index contributed by atoms with van der Waals surface area (Å²) in [5.74, 6) is -10.9. The van der Waals surface area contributed by atoms with Gasteiger partial charge < -0.3 is 60.0 Å². The van der Waals surface area contributed by atoms with Gasteiger partial charge in [-0.1, -0.05) is 80.1 Å². The second kappa shape index (κ2) is 35.9. The van der Waals surface area contributed by atoms with Crippen molar-refractivity contribution in [2.75, 3.05) is 88.6 Å². The SMILES string of the molecule is CC[C@H](C)[C@@H]1NC(=O)[C@H](CC(C)C)N(C)C(=O)C[C@@H](C(=O)N2CCCCC2)N(C)C(=O)[C@H](C2CCCCC2)N(C)C(=O)C2(CCCC2)NC(=O)[C@@H]2CCCN2C(=O)[C@H](CCC2CCC(C(F)(F)F)C(Cl)C2)NC(=O)CN(C)C(=O)[C@H](CC(C)C)N(C)C(=O)CN(C)C(=O)CN(C)C1=O. The van der Waals surface area contributed by atoms with E-state index in [2.05, 4.69) is 16.0 Å². The highest BCUT2D eigenvalue weighted by Crippen LogP contribution is 2.44. The molecule has 3 saturated heterocycles. The summed E-state index contributed by atoms with van der Waals surface area (Å²) in [5.41, 5.74) is -1.55. The van der Waals surface area contributed by atoms with E-state index in [9.17, 15) is 41.9 Å². The van der Waals surface area contributed by atoms with Crippen LogP contribution in [-0.4, -0.2) is 263 Å². The molecule has 3 aliphatic carbocycles. The Morgan fingerprint density at radius 3 is 1.76 bits per heavy atom. The van der Waals surface area contributed by atoms with Gasteiger partial charge in [0.15, 0.2) is 0 Å². The van der Waals surface area contributed by atoms with Gasteiger partial charge >= 0.3 is 6.18 Å². The summed E-state index contributed by atoms with van der Waals surface area (Å²) >= 11 is 6.38. The number of hydrogen-bond donors (Lipinski definition) is 3. The van der Waals surface area contributed by atoms with E-state index in [1.165, 1.54) is 73.8 Å². The first kappa shape index (κ1) is 80.7. The van der Waals surface area contributed by atoms with Crippen molar-refractivity contribution in [3.05, 3.63) is 0 Å². The van der Waals surface area contributed by atoms with Crippen LogP contribution in [0.4, 0.5) is 13.2 Å². The van der Waals surface area contributed by atoms with Crippen LogP contribution in [0.2, 0.25) is 0 Å². The number of alkyl halides is 4. The maximum absolute atomic E-state index is 15.8. The molecule has 12 amide bonds. The molecule has 3 aliphatic heterocycles. The zero-order chi connectivity index (χ0) is 72.8. The molecule has 6 aliphatic rings. The maximum Gasteiger partial charge on any atom is 0.393 e. The van der Waals surface area contributed by atoms with Crippen LogP contribution in [0.5, 0.6) is 0 Å². The average molecular weight is 1410 g/mol. The minimum atomic E-state index is -4.51. The molecule has 0 radical (unpaired) electrons. The third kappa shape index (κ3) is 20.5. The third-order valence-corrected chi connectivity index (χ3v) is 22.4. The summed E-state index contributed by atoms with van der Waals surface area (Å²) in [7, 11) is 9.95. The fourth-order valence-electron chi connectivity index (χ4n) is 15.5. The molecule has 6 fully saturated rings. The minimum Gasteiger partial charge on any atom is -0.343 e. The highest BCUT2D eigenvalue weighted by molar-refractivity contribution is 6.21. The predicted molar refractivity (Wildman–Crippen MR) is 363 cm³/mol. The Bertz CT molecular complexity index is 2830. The van der Waals surface area contributed by atoms with Gasteiger partial charge in [0.2, 0.25) is 70.9 Å². The Hall–Kier alpha value is -6.28. The number of rotatable bonds is 11. The van der Waals surface area contributed by atoms with Crippen LogP contribution in [0.25, 0.3) is 0 Å². The Balaban J connectivity index is 1.42. The first-order valence-corrected chi connectivity index (χ1v) is 36.5. The van der Waals surface area contributed by atoms with Gasteiger partial charge in [-0.3, -0.25) is 57.5 Å². The van der Waals surface area contributed by atoms with Crippen molar-refractivity contribution in [3.8, 4) is 0 Å². The van der Waals surface area contributed by atoms with E-state index >= 15 is 28.8 Å². The molecule has 3 N–H and O–H groups in total. The quantitative estimate of drug-likeness (QED) is 0.215. The molecule has 0 bridgehead atoms. The lowest BCUT2D eigenvalue weighted by atomic mass is 9.78. The Morgan fingerprint density at radius 2 is 1.16 bits per heavy atom. The van der Waals surface area contributed by atoms with Crippen LogP contribution in [0.3, 0.4) is 0 Å². The lowest BCUT2D eigenvalue weighted by molar-refractivity contribution is -0.182. The number of nitrogens with zero attached hydrogens (tertiary/aromatic N) is 9. The van der Waals surface area contributed by atoms with Gasteiger partial charge in [-0.25, -0.2) is 0 Å². The van der Waals surface area contributed by atoms with E-state index in [0.29, 0.717) is 64.5 Å². The van der Waals surface area contributed by atoms with Crippen molar-refractivity contribution in [3.63, 3.8) is 0 Å². The van der Waals surface area contributed by atoms with Crippen LogP contribution in [-0.2, 0) is 57.5 Å². The molecule has 24 nitrogen and oxygen atoms in total. The molecule has 0 aromatic carbocycles. The lowest BCUT2D eigenvalue weighted by Crippen LogP contribution is -2.65. The normalized spacial score (nSPS) is 29.4. The molecule has 0 aromatic heterocycles. The van der Waals surface area contributed by atoms with Gasteiger partial charge in [-0.15, -0.1) is 11.6 Å². The van der Waals surface area contributed by atoms with Crippen LogP contribution < -0.4 is 16.0 Å². The lowest BCUT2D eigenvalue weighted by Gasteiger charge is -2.43. The standard InChI is InChI=1S/C70H114ClF3N12O12/c1-14-45(6)59-66(96)80(9)41-57(89)78(7)42-58(90)82(11)53(37-44(4)5)64(94)79(8)40-55(87)75-50(30-28-46-27-29-48(49(71)38-46)70(72,73)74)63(93)86-35-23-26-51(86)62(92)77-69(31-19-20-32-69)68(98)84(13)60(47-24-17-15-18-25-47)67(97)83(12)54(65(95)85-33-21-16-22-34-85)39-56(88)81(10)52(36-43(2)3)61(91)76-59/h43-54,59-60H,14-42H2,1-13H3,(H,75,87)(H,76,91)(H,77,92)/t45-,46?,48?,49?,50-,51-,52-,53-,54-,59-,60-/m0/s1. The van der Waals surface area contributed by atoms with E-state index in [1.54, 1.807) is 11.8 Å². The molecule has 0 aromatic rings. The second-order valence-corrected chi connectivity index (χ2v) is 30.7. The van der Waals surface area contributed by atoms with Crippen molar-refractivity contribution in [2.24, 2.45) is 35.5 Å². The summed E-state index contributed by atoms with van der Waals surface area (Å²) in [4.78, 5) is 190. The molecular formula is C70H114ClF3N12O12. The summed E-state index contributed by atoms with van der Waals surface area (Å²) in [5, 5.41) is 7.58. The average Bonchev–Trinajstić information content (AvgIpc) is 1.17. The fraction of sp³-hybridized carbons (Fsp3) is 0.829. The van der Waals surface area contributed by atoms with Gasteiger partial charge in [0.05, 0.1) is 32.0 Å². The van der Waals surface area contributed by atoms with E-state index in [0.717, 1.165) is 40.4 Å². The highest BCUT2D eigenvalue weighted by atomic mass is 35.5. The number of nitrogens with one attached hydrogen (secondary N) is 3. The van der Waals surface area contributed by atoms with Gasteiger partial charge in [0, 0.05) is 74.3 Å². The molecule has 3 saturated carbocycles. The fourth-order valence-corrected chi connectivity index (χ4v) is 16.1. The summed E-state index contributed by atoms with van der Waals surface area (Å²) in [6.07, 6.45) is 3.39. The van der Waals surface area contributed by atoms with Gasteiger partial charge in [-0.2, -0.15) is 13.2 Å². The monoisotopic (exact) mass is 1410 g/mol. The van der Waals surface area contributed by atoms with Crippen LogP contribution in [0, 0.1) is 35.5 Å². The number of hydrogen-bond acceptors (Lipinski definition) is 12. The number of carbonyl (C=O) groups is 12. The van der Waals surface area contributed by atoms with Crippen LogP contribution in [0.15, 0.2) is 0 Å². The topological polar surface area (TPSA) is 270 Å². The van der Waals surface area contributed by atoms with E-state index in [1.807, 2.05) is 34.6 Å².